The Morgan fingerprint density at radius 3 is 2.38 bits per heavy atom. The molecular formula is C13H13BrClNO4S. The second kappa shape index (κ2) is 6.48. The molecule has 1 aliphatic heterocycles. The first kappa shape index (κ1) is 16.5. The number of carbonyl (C=O) groups excluding carboxylic acids is 1. The number of halogens is 2. The van der Waals surface area contributed by atoms with E-state index in [2.05, 4.69) is 15.9 Å². The number of primary sulfonamides is 1. The van der Waals surface area contributed by atoms with Crippen LogP contribution in [0.15, 0.2) is 36.1 Å². The topological polar surface area (TPSA) is 86.5 Å². The van der Waals surface area contributed by atoms with Crippen molar-refractivity contribution in [3.63, 3.8) is 0 Å². The van der Waals surface area contributed by atoms with Crippen LogP contribution < -0.4 is 5.14 Å². The molecule has 21 heavy (non-hydrogen) atoms. The number of hydrogen-bond acceptors (Lipinski definition) is 4. The van der Waals surface area contributed by atoms with Crippen LogP contribution in [-0.4, -0.2) is 25.0 Å². The lowest BCUT2D eigenvalue weighted by Crippen LogP contribution is -2.36. The minimum Gasteiger partial charge on any atom is -0.430 e. The molecule has 0 bridgehead atoms. The van der Waals surface area contributed by atoms with Crippen molar-refractivity contribution in [2.75, 3.05) is 5.33 Å². The van der Waals surface area contributed by atoms with Crippen LogP contribution in [0.5, 0.6) is 0 Å². The van der Waals surface area contributed by atoms with Crippen molar-refractivity contribution in [1.82, 2.24) is 0 Å². The molecule has 0 amide bonds. The molecule has 0 radical (unpaired) electrons. The van der Waals surface area contributed by atoms with E-state index < -0.39 is 27.2 Å². The van der Waals surface area contributed by atoms with Gasteiger partial charge in [0.15, 0.2) is 0 Å². The summed E-state index contributed by atoms with van der Waals surface area (Å²) >= 11 is 9.15. The normalized spacial score (nSPS) is 18.0. The molecule has 2 N–H and O–H groups in total. The summed E-state index contributed by atoms with van der Waals surface area (Å²) < 4.78 is 28.9. The molecule has 1 heterocycles. The van der Waals surface area contributed by atoms with Crippen LogP contribution in [0.1, 0.15) is 17.9 Å². The molecule has 0 aliphatic carbocycles. The maximum atomic E-state index is 12.0. The molecule has 1 aromatic carbocycles. The molecule has 5 nitrogen and oxygen atoms in total. The standard InChI is InChI=1S/C13H13BrClNO4S/c14-7-10(8-1-3-9(15)4-2-8)13(21(16,18)19)11-5-6-12(17)20-11/h1-5,10,13H,6-7H2,(H2,16,18,19). The number of sulfonamides is 1. The Kier molecular flexibility index (Phi) is 5.08. The third kappa shape index (κ3) is 3.85. The molecule has 1 aromatic rings. The average molecular weight is 395 g/mol. The van der Waals surface area contributed by atoms with Gasteiger partial charge in [0.2, 0.25) is 10.0 Å². The van der Waals surface area contributed by atoms with Crippen molar-refractivity contribution in [2.24, 2.45) is 5.14 Å². The molecule has 2 atom stereocenters. The number of nitrogens with two attached hydrogens (primary N) is 1. The highest BCUT2D eigenvalue weighted by atomic mass is 79.9. The summed E-state index contributed by atoms with van der Waals surface area (Å²) in [6, 6.07) is 6.79. The van der Waals surface area contributed by atoms with Crippen molar-refractivity contribution in [3.05, 3.63) is 46.7 Å². The second-order valence-corrected chi connectivity index (χ2v) is 7.38. The zero-order valence-corrected chi connectivity index (χ0v) is 14.0. The van der Waals surface area contributed by atoms with E-state index in [0.29, 0.717) is 10.4 Å². The van der Waals surface area contributed by atoms with E-state index in [1.807, 2.05) is 0 Å². The number of rotatable bonds is 5. The molecule has 0 aromatic heterocycles. The van der Waals surface area contributed by atoms with Crippen LogP contribution in [0.3, 0.4) is 0 Å². The predicted molar refractivity (Wildman–Crippen MR) is 83.7 cm³/mol. The molecular weight excluding hydrogens is 382 g/mol. The van der Waals surface area contributed by atoms with Gasteiger partial charge in [-0.1, -0.05) is 39.7 Å². The number of carbonyl (C=O) groups is 1. The maximum Gasteiger partial charge on any atom is 0.314 e. The number of alkyl halides is 1. The Labute approximate surface area is 136 Å². The zero-order chi connectivity index (χ0) is 15.6. The van der Waals surface area contributed by atoms with E-state index in [9.17, 15) is 13.2 Å². The van der Waals surface area contributed by atoms with E-state index in [1.54, 1.807) is 24.3 Å². The highest BCUT2D eigenvalue weighted by Crippen LogP contribution is 2.33. The molecule has 0 saturated carbocycles. The SMILES string of the molecule is NS(=O)(=O)C(C1=CCC(=O)O1)C(CBr)c1ccc(Cl)cc1. The van der Waals surface area contributed by atoms with Gasteiger partial charge in [0.1, 0.15) is 11.0 Å². The number of hydrogen-bond donors (Lipinski definition) is 1. The van der Waals surface area contributed by atoms with Crippen molar-refractivity contribution in [3.8, 4) is 0 Å². The van der Waals surface area contributed by atoms with Crippen molar-refractivity contribution < 1.29 is 17.9 Å². The van der Waals surface area contributed by atoms with E-state index in [4.69, 9.17) is 21.5 Å². The molecule has 2 rings (SSSR count). The summed E-state index contributed by atoms with van der Waals surface area (Å²) in [6.07, 6.45) is 1.51. The zero-order valence-electron chi connectivity index (χ0n) is 10.8. The minimum atomic E-state index is -3.95. The van der Waals surface area contributed by atoms with Crippen LogP contribution >= 0.6 is 27.5 Å². The molecule has 0 spiro atoms. The van der Waals surface area contributed by atoms with Gasteiger partial charge in [-0.05, 0) is 23.8 Å². The Balaban J connectivity index is 2.43. The smallest absolute Gasteiger partial charge is 0.314 e. The second-order valence-electron chi connectivity index (χ2n) is 4.61. The molecule has 2 unspecified atom stereocenters. The summed E-state index contributed by atoms with van der Waals surface area (Å²) in [7, 11) is -3.95. The van der Waals surface area contributed by atoms with E-state index >= 15 is 0 Å². The van der Waals surface area contributed by atoms with Gasteiger partial charge < -0.3 is 4.74 Å². The lowest BCUT2D eigenvalue weighted by Gasteiger charge is -2.24. The largest absolute Gasteiger partial charge is 0.430 e. The van der Waals surface area contributed by atoms with Gasteiger partial charge in [-0.3, -0.25) is 4.79 Å². The monoisotopic (exact) mass is 393 g/mol. The summed E-state index contributed by atoms with van der Waals surface area (Å²) in [4.78, 5) is 11.2. The Morgan fingerprint density at radius 1 is 1.33 bits per heavy atom. The van der Waals surface area contributed by atoms with Crippen LogP contribution in [0.25, 0.3) is 0 Å². The molecule has 0 fully saturated rings. The summed E-state index contributed by atoms with van der Waals surface area (Å²) in [5.41, 5.74) is 0.735. The minimum absolute atomic E-state index is 0.0526. The third-order valence-electron chi connectivity index (χ3n) is 3.17. The lowest BCUT2D eigenvalue weighted by molar-refractivity contribution is -0.136. The number of esters is 1. The average Bonchev–Trinajstić information content (AvgIpc) is 2.81. The Hall–Kier alpha value is -0.890. The summed E-state index contributed by atoms with van der Waals surface area (Å²) in [5.74, 6) is -0.889. The number of ether oxygens (including phenoxy) is 1. The Bertz CT molecular complexity index is 672. The number of benzene rings is 1. The fraction of sp³-hybridized carbons (Fsp3) is 0.308. The van der Waals surface area contributed by atoms with Crippen molar-refractivity contribution in [2.45, 2.75) is 17.6 Å². The van der Waals surface area contributed by atoms with Gasteiger partial charge >= 0.3 is 5.97 Å². The highest BCUT2D eigenvalue weighted by Gasteiger charge is 2.38. The van der Waals surface area contributed by atoms with Crippen LogP contribution in [0, 0.1) is 0 Å². The lowest BCUT2D eigenvalue weighted by atomic mass is 9.96. The first-order valence-corrected chi connectivity index (χ1v) is 9.17. The van der Waals surface area contributed by atoms with Crippen molar-refractivity contribution >= 4 is 43.5 Å². The van der Waals surface area contributed by atoms with Gasteiger partial charge in [-0.2, -0.15) is 0 Å². The molecule has 114 valence electrons. The predicted octanol–water partition coefficient (Wildman–Crippen LogP) is 2.31. The number of cyclic esters (lactones) is 1. The maximum absolute atomic E-state index is 12.0. The molecule has 8 heteroatoms. The Morgan fingerprint density at radius 2 is 1.95 bits per heavy atom. The van der Waals surface area contributed by atoms with E-state index in [1.165, 1.54) is 6.08 Å². The van der Waals surface area contributed by atoms with Gasteiger partial charge in [0.25, 0.3) is 0 Å². The first-order chi connectivity index (χ1) is 9.82. The summed E-state index contributed by atoms with van der Waals surface area (Å²) in [5, 5.41) is 5.11. The molecule has 0 saturated heterocycles. The van der Waals surface area contributed by atoms with Crippen molar-refractivity contribution in [1.29, 1.82) is 0 Å². The fourth-order valence-electron chi connectivity index (χ4n) is 2.22. The van der Waals surface area contributed by atoms with E-state index in [-0.39, 0.29) is 12.2 Å². The van der Waals surface area contributed by atoms with Gasteiger partial charge in [-0.15, -0.1) is 0 Å². The quantitative estimate of drug-likeness (QED) is 0.613. The first-order valence-electron chi connectivity index (χ1n) is 6.06. The van der Waals surface area contributed by atoms with Crippen LogP contribution in [0.4, 0.5) is 0 Å². The fourth-order valence-corrected chi connectivity index (χ4v) is 4.52. The van der Waals surface area contributed by atoms with Gasteiger partial charge in [0, 0.05) is 16.3 Å². The van der Waals surface area contributed by atoms with Crippen LogP contribution in [-0.2, 0) is 19.6 Å². The van der Waals surface area contributed by atoms with Crippen LogP contribution in [0.2, 0.25) is 5.02 Å². The highest BCUT2D eigenvalue weighted by molar-refractivity contribution is 9.09. The van der Waals surface area contributed by atoms with Gasteiger partial charge in [-0.25, -0.2) is 13.6 Å². The molecule has 1 aliphatic rings. The third-order valence-corrected chi connectivity index (χ3v) is 5.38. The summed E-state index contributed by atoms with van der Waals surface area (Å²) in [6.45, 7) is 0. The van der Waals surface area contributed by atoms with E-state index in [0.717, 1.165) is 5.56 Å². The van der Waals surface area contributed by atoms with Gasteiger partial charge in [0.05, 0.1) is 6.42 Å².